The third-order valence-electron chi connectivity index (χ3n) is 6.19. The Morgan fingerprint density at radius 1 is 0.520 bits per heavy atom. The summed E-state index contributed by atoms with van der Waals surface area (Å²) >= 11 is 0. The van der Waals surface area contributed by atoms with Crippen LogP contribution in [0.4, 0.5) is 0 Å². The van der Waals surface area contributed by atoms with E-state index in [0.29, 0.717) is 0 Å². The summed E-state index contributed by atoms with van der Waals surface area (Å²) in [5.41, 5.74) is 0. The molecule has 0 saturated heterocycles. The fourth-order valence-corrected chi connectivity index (χ4v) is 4.47. The van der Waals surface area contributed by atoms with Gasteiger partial charge in [0.15, 0.2) is 0 Å². The molecule has 1 aliphatic carbocycles. The van der Waals surface area contributed by atoms with Gasteiger partial charge >= 0.3 is 0 Å². The zero-order valence-corrected chi connectivity index (χ0v) is 17.9. The summed E-state index contributed by atoms with van der Waals surface area (Å²) in [4.78, 5) is 2.90. The van der Waals surface area contributed by atoms with Crippen LogP contribution in [-0.4, -0.2) is 24.0 Å². The van der Waals surface area contributed by atoms with Crippen molar-refractivity contribution in [3.05, 3.63) is 0 Å². The molecule has 0 unspecified atom stereocenters. The van der Waals surface area contributed by atoms with Crippen LogP contribution in [-0.2, 0) is 0 Å². The summed E-state index contributed by atoms with van der Waals surface area (Å²) in [6, 6.07) is 0.925. The molecular weight excluding hydrogens is 302 g/mol. The van der Waals surface area contributed by atoms with E-state index in [-0.39, 0.29) is 0 Å². The summed E-state index contributed by atoms with van der Waals surface area (Å²) in [5, 5.41) is 0. The molecule has 0 radical (unpaired) electrons. The normalized spacial score (nSPS) is 16.0. The van der Waals surface area contributed by atoms with E-state index in [9.17, 15) is 0 Å². The first-order chi connectivity index (χ1) is 12.4. The van der Waals surface area contributed by atoms with Crippen molar-refractivity contribution in [3.8, 4) is 0 Å². The first kappa shape index (κ1) is 23.0. The van der Waals surface area contributed by atoms with Gasteiger partial charge < -0.3 is 4.90 Å². The van der Waals surface area contributed by atoms with Gasteiger partial charge in [-0.1, -0.05) is 110 Å². The van der Waals surface area contributed by atoms with E-state index < -0.39 is 0 Å². The third kappa shape index (κ3) is 12.9. The molecule has 1 saturated carbocycles. The second kappa shape index (κ2) is 17.4. The van der Waals surface area contributed by atoms with Gasteiger partial charge in [-0.15, -0.1) is 0 Å². The molecule has 0 aromatic rings. The number of unbranched alkanes of at least 4 members (excludes halogenated alkanes) is 12. The highest BCUT2D eigenvalue weighted by molar-refractivity contribution is 4.76. The predicted molar refractivity (Wildman–Crippen MR) is 114 cm³/mol. The maximum atomic E-state index is 2.90. The third-order valence-corrected chi connectivity index (χ3v) is 6.19. The van der Waals surface area contributed by atoms with Crippen LogP contribution in [0.5, 0.6) is 0 Å². The van der Waals surface area contributed by atoms with Gasteiger partial charge in [0.2, 0.25) is 0 Å². The van der Waals surface area contributed by atoms with Crippen LogP contribution >= 0.6 is 0 Å². The molecule has 1 heteroatoms. The summed E-state index contributed by atoms with van der Waals surface area (Å²) in [6.07, 6.45) is 27.6. The molecule has 0 spiro atoms. The van der Waals surface area contributed by atoms with E-state index in [1.165, 1.54) is 135 Å². The highest BCUT2D eigenvalue weighted by Crippen LogP contribution is 2.24. The van der Waals surface area contributed by atoms with Crippen LogP contribution in [0.3, 0.4) is 0 Å². The Morgan fingerprint density at radius 2 is 0.920 bits per heavy atom. The topological polar surface area (TPSA) is 3.24 Å². The fraction of sp³-hybridized carbons (Fsp3) is 1.00. The van der Waals surface area contributed by atoms with Gasteiger partial charge in [0.25, 0.3) is 0 Å². The lowest BCUT2D eigenvalue weighted by molar-refractivity contribution is 0.150. The highest BCUT2D eigenvalue weighted by Gasteiger charge is 2.20. The molecule has 150 valence electrons. The van der Waals surface area contributed by atoms with Crippen LogP contribution in [0.1, 0.15) is 136 Å². The van der Waals surface area contributed by atoms with E-state index in [4.69, 9.17) is 0 Å². The van der Waals surface area contributed by atoms with Crippen molar-refractivity contribution in [2.75, 3.05) is 13.1 Å². The van der Waals surface area contributed by atoms with Crippen molar-refractivity contribution < 1.29 is 0 Å². The van der Waals surface area contributed by atoms with Crippen LogP contribution < -0.4 is 0 Å². The molecule has 0 aliphatic heterocycles. The summed E-state index contributed by atoms with van der Waals surface area (Å²) in [5.74, 6) is 0. The first-order valence-electron chi connectivity index (χ1n) is 12.1. The Labute approximate surface area is 160 Å². The lowest BCUT2D eigenvalue weighted by atomic mass is 9.93. The summed E-state index contributed by atoms with van der Waals surface area (Å²) < 4.78 is 0. The quantitative estimate of drug-likeness (QED) is 0.239. The van der Waals surface area contributed by atoms with E-state index in [1.807, 2.05) is 0 Å². The summed E-state index contributed by atoms with van der Waals surface area (Å²) in [7, 11) is 0. The van der Waals surface area contributed by atoms with Crippen LogP contribution in [0.15, 0.2) is 0 Å². The maximum absolute atomic E-state index is 2.90. The van der Waals surface area contributed by atoms with E-state index in [2.05, 4.69) is 18.7 Å². The van der Waals surface area contributed by atoms with Gasteiger partial charge in [-0.25, -0.2) is 0 Å². The van der Waals surface area contributed by atoms with Crippen molar-refractivity contribution >= 4 is 0 Å². The average molecular weight is 352 g/mol. The highest BCUT2D eigenvalue weighted by atomic mass is 15.1. The lowest BCUT2D eigenvalue weighted by Gasteiger charge is -2.34. The SMILES string of the molecule is CCCCCCCCCN(CCCCCCCCC)C1CCCCC1. The van der Waals surface area contributed by atoms with Crippen LogP contribution in [0.2, 0.25) is 0 Å². The molecule has 1 fully saturated rings. The van der Waals surface area contributed by atoms with Gasteiger partial charge in [0.1, 0.15) is 0 Å². The summed E-state index contributed by atoms with van der Waals surface area (Å²) in [6.45, 7) is 7.39. The second-order valence-electron chi connectivity index (χ2n) is 8.57. The van der Waals surface area contributed by atoms with Crippen molar-refractivity contribution in [2.24, 2.45) is 0 Å². The minimum atomic E-state index is 0.925. The number of nitrogens with zero attached hydrogens (tertiary/aromatic N) is 1. The molecule has 0 heterocycles. The average Bonchev–Trinajstić information content (AvgIpc) is 2.65. The minimum absolute atomic E-state index is 0.925. The zero-order chi connectivity index (χ0) is 18.0. The van der Waals surface area contributed by atoms with Gasteiger partial charge in [0, 0.05) is 6.04 Å². The van der Waals surface area contributed by atoms with Gasteiger partial charge in [-0.3, -0.25) is 0 Å². The van der Waals surface area contributed by atoms with Crippen molar-refractivity contribution in [3.63, 3.8) is 0 Å². The predicted octanol–water partition coefficient (Wildman–Crippen LogP) is 8.12. The minimum Gasteiger partial charge on any atom is -0.300 e. The lowest BCUT2D eigenvalue weighted by Crippen LogP contribution is -2.38. The Morgan fingerprint density at radius 3 is 1.36 bits per heavy atom. The molecule has 25 heavy (non-hydrogen) atoms. The Hall–Kier alpha value is -0.0400. The van der Waals surface area contributed by atoms with E-state index in [0.717, 1.165) is 6.04 Å². The molecule has 0 aromatic carbocycles. The molecule has 1 aliphatic rings. The molecular formula is C24H49N. The van der Waals surface area contributed by atoms with E-state index in [1.54, 1.807) is 0 Å². The van der Waals surface area contributed by atoms with E-state index >= 15 is 0 Å². The van der Waals surface area contributed by atoms with Gasteiger partial charge in [0.05, 0.1) is 0 Å². The number of hydrogen-bond acceptors (Lipinski definition) is 1. The molecule has 0 bridgehead atoms. The Balaban J connectivity index is 2.13. The molecule has 1 rings (SSSR count). The second-order valence-corrected chi connectivity index (χ2v) is 8.57. The molecule has 0 N–H and O–H groups in total. The molecule has 0 atom stereocenters. The Kier molecular flexibility index (Phi) is 16.0. The first-order valence-corrected chi connectivity index (χ1v) is 12.1. The largest absolute Gasteiger partial charge is 0.300 e. The smallest absolute Gasteiger partial charge is 0.00952 e. The number of rotatable bonds is 17. The van der Waals surface area contributed by atoms with Crippen LogP contribution in [0, 0.1) is 0 Å². The van der Waals surface area contributed by atoms with Crippen LogP contribution in [0.25, 0.3) is 0 Å². The maximum Gasteiger partial charge on any atom is 0.00952 e. The Bertz CT molecular complexity index is 239. The number of hydrogen-bond donors (Lipinski definition) is 0. The molecule has 0 aromatic heterocycles. The van der Waals surface area contributed by atoms with Crippen molar-refractivity contribution in [2.45, 2.75) is 142 Å². The van der Waals surface area contributed by atoms with Crippen molar-refractivity contribution in [1.29, 1.82) is 0 Å². The standard InChI is InChI=1S/C24H49N/c1-3-5-7-9-11-13-18-22-25(24-20-16-15-17-21-24)23-19-14-12-10-8-6-4-2/h24H,3-23H2,1-2H3. The zero-order valence-electron chi connectivity index (χ0n) is 17.9. The fourth-order valence-electron chi connectivity index (χ4n) is 4.47. The molecule has 0 amide bonds. The monoisotopic (exact) mass is 351 g/mol. The van der Waals surface area contributed by atoms with Gasteiger partial charge in [-0.05, 0) is 38.8 Å². The molecule has 1 nitrogen and oxygen atoms in total. The van der Waals surface area contributed by atoms with Gasteiger partial charge in [-0.2, -0.15) is 0 Å². The van der Waals surface area contributed by atoms with Crippen molar-refractivity contribution in [1.82, 2.24) is 4.90 Å².